The van der Waals surface area contributed by atoms with E-state index in [1.54, 1.807) is 12.1 Å². The average Bonchev–Trinajstić information content (AvgIpc) is 2.37. The highest BCUT2D eigenvalue weighted by molar-refractivity contribution is 6.18. The first-order valence-corrected chi connectivity index (χ1v) is 6.78. The Bertz CT molecular complexity index is 374. The lowest BCUT2D eigenvalue weighted by atomic mass is 9.79. The van der Waals surface area contributed by atoms with Gasteiger partial charge in [-0.15, -0.1) is 24.8 Å². The van der Waals surface area contributed by atoms with Crippen molar-refractivity contribution in [2.45, 2.75) is 39.5 Å². The van der Waals surface area contributed by atoms with Gasteiger partial charge in [-0.2, -0.15) is 0 Å². The maximum atomic E-state index is 12.0. The molecule has 0 N–H and O–H groups in total. The third-order valence-corrected chi connectivity index (χ3v) is 4.09. The Balaban J connectivity index is 2.76. The Kier molecular flexibility index (Phi) is 5.53. The molecule has 19 heavy (non-hydrogen) atoms. The minimum Gasteiger partial charge on any atom is -0.406 e. The number of rotatable bonds is 6. The molecule has 0 spiro atoms. The smallest absolute Gasteiger partial charge is 0.406 e. The fraction of sp³-hybridized carbons (Fsp3) is 0.571. The zero-order valence-corrected chi connectivity index (χ0v) is 11.8. The van der Waals surface area contributed by atoms with Crippen molar-refractivity contribution in [1.29, 1.82) is 0 Å². The SMILES string of the molecule is CCC(CC)(CCl)Cc1ccc(OC(F)(F)F)cc1. The van der Waals surface area contributed by atoms with Crippen molar-refractivity contribution in [2.24, 2.45) is 5.41 Å². The van der Waals surface area contributed by atoms with E-state index in [9.17, 15) is 13.2 Å². The van der Waals surface area contributed by atoms with Gasteiger partial charge in [0.2, 0.25) is 0 Å². The maximum Gasteiger partial charge on any atom is 0.573 e. The van der Waals surface area contributed by atoms with Crippen molar-refractivity contribution in [3.8, 4) is 5.75 Å². The van der Waals surface area contributed by atoms with Crippen molar-refractivity contribution in [3.63, 3.8) is 0 Å². The molecule has 1 aromatic rings. The minimum atomic E-state index is -4.64. The fourth-order valence-electron chi connectivity index (χ4n) is 1.98. The molecular formula is C14H18ClF3O. The highest BCUT2D eigenvalue weighted by Gasteiger charge is 2.31. The third kappa shape index (κ3) is 4.94. The molecule has 5 heteroatoms. The fourth-order valence-corrected chi connectivity index (χ4v) is 2.45. The van der Waals surface area contributed by atoms with Crippen LogP contribution in [0.25, 0.3) is 0 Å². The lowest BCUT2D eigenvalue weighted by molar-refractivity contribution is -0.274. The van der Waals surface area contributed by atoms with E-state index < -0.39 is 6.36 Å². The number of halogens is 4. The van der Waals surface area contributed by atoms with Crippen LogP contribution < -0.4 is 4.74 Å². The van der Waals surface area contributed by atoms with Gasteiger partial charge < -0.3 is 4.74 Å². The van der Waals surface area contributed by atoms with Gasteiger partial charge in [-0.25, -0.2) is 0 Å². The first kappa shape index (κ1) is 16.2. The van der Waals surface area contributed by atoms with E-state index in [0.29, 0.717) is 5.88 Å². The molecule has 1 nitrogen and oxygen atoms in total. The highest BCUT2D eigenvalue weighted by atomic mass is 35.5. The second-order valence-electron chi connectivity index (χ2n) is 4.71. The Morgan fingerprint density at radius 1 is 1.05 bits per heavy atom. The second kappa shape index (κ2) is 6.51. The van der Waals surface area contributed by atoms with Gasteiger partial charge in [0, 0.05) is 5.88 Å². The molecule has 0 radical (unpaired) electrons. The molecule has 0 heterocycles. The molecule has 0 bridgehead atoms. The molecule has 0 aliphatic heterocycles. The molecule has 1 rings (SSSR count). The lowest BCUT2D eigenvalue weighted by Crippen LogP contribution is -2.24. The number of ether oxygens (including phenoxy) is 1. The first-order chi connectivity index (χ1) is 8.84. The maximum absolute atomic E-state index is 12.0. The Morgan fingerprint density at radius 2 is 1.58 bits per heavy atom. The number of benzene rings is 1. The molecule has 0 atom stereocenters. The van der Waals surface area contributed by atoms with E-state index in [0.717, 1.165) is 24.8 Å². The van der Waals surface area contributed by atoms with Gasteiger partial charge in [0.05, 0.1) is 0 Å². The quantitative estimate of drug-likeness (QED) is 0.657. The van der Waals surface area contributed by atoms with Gasteiger partial charge in [-0.1, -0.05) is 26.0 Å². The van der Waals surface area contributed by atoms with E-state index >= 15 is 0 Å². The molecule has 1 aromatic carbocycles. The van der Waals surface area contributed by atoms with Crippen LogP contribution in [0.1, 0.15) is 32.3 Å². The van der Waals surface area contributed by atoms with Gasteiger partial charge in [-0.05, 0) is 42.4 Å². The average molecular weight is 295 g/mol. The van der Waals surface area contributed by atoms with Gasteiger partial charge in [0.15, 0.2) is 0 Å². The van der Waals surface area contributed by atoms with Crippen molar-refractivity contribution < 1.29 is 17.9 Å². The summed E-state index contributed by atoms with van der Waals surface area (Å²) in [4.78, 5) is 0. The van der Waals surface area contributed by atoms with Gasteiger partial charge >= 0.3 is 6.36 Å². The monoisotopic (exact) mass is 294 g/mol. The van der Waals surface area contributed by atoms with Crippen molar-refractivity contribution in [1.82, 2.24) is 0 Å². The summed E-state index contributed by atoms with van der Waals surface area (Å²) in [5.74, 6) is 0.349. The third-order valence-electron chi connectivity index (χ3n) is 3.52. The summed E-state index contributed by atoms with van der Waals surface area (Å²) in [7, 11) is 0. The summed E-state index contributed by atoms with van der Waals surface area (Å²) in [5.41, 5.74) is 0.979. The van der Waals surface area contributed by atoms with E-state index in [-0.39, 0.29) is 11.2 Å². The summed E-state index contributed by atoms with van der Waals surface area (Å²) in [6.07, 6.45) is -2.01. The summed E-state index contributed by atoms with van der Waals surface area (Å²) >= 11 is 6.02. The number of hydrogen-bond acceptors (Lipinski definition) is 1. The second-order valence-corrected chi connectivity index (χ2v) is 4.98. The lowest BCUT2D eigenvalue weighted by Gasteiger charge is -2.29. The molecule has 0 aromatic heterocycles. The van der Waals surface area contributed by atoms with E-state index in [2.05, 4.69) is 18.6 Å². The molecule has 0 aliphatic carbocycles. The zero-order valence-electron chi connectivity index (χ0n) is 11.1. The predicted octanol–water partition coefficient (Wildman–Crippen LogP) is 5.17. The van der Waals surface area contributed by atoms with Crippen molar-refractivity contribution in [2.75, 3.05) is 5.88 Å². The van der Waals surface area contributed by atoms with Gasteiger partial charge in [0.25, 0.3) is 0 Å². The summed E-state index contributed by atoms with van der Waals surface area (Å²) in [5, 5.41) is 0. The summed E-state index contributed by atoms with van der Waals surface area (Å²) < 4.78 is 40.0. The number of hydrogen-bond donors (Lipinski definition) is 0. The highest BCUT2D eigenvalue weighted by Crippen LogP contribution is 2.33. The molecule has 0 saturated heterocycles. The zero-order chi connectivity index (χ0) is 14.5. The van der Waals surface area contributed by atoms with Crippen LogP contribution in [-0.4, -0.2) is 12.2 Å². The van der Waals surface area contributed by atoms with E-state index in [4.69, 9.17) is 11.6 Å². The Hall–Kier alpha value is -0.900. The van der Waals surface area contributed by atoms with Crippen LogP contribution >= 0.6 is 11.6 Å². The molecular weight excluding hydrogens is 277 g/mol. The molecule has 108 valence electrons. The van der Waals surface area contributed by atoms with Crippen LogP contribution in [0.4, 0.5) is 13.2 Å². The van der Waals surface area contributed by atoms with Crippen molar-refractivity contribution >= 4 is 11.6 Å². The Morgan fingerprint density at radius 3 is 1.95 bits per heavy atom. The van der Waals surface area contributed by atoms with E-state index in [1.165, 1.54) is 12.1 Å². The van der Waals surface area contributed by atoms with Gasteiger partial charge in [-0.3, -0.25) is 0 Å². The van der Waals surface area contributed by atoms with Crippen LogP contribution in [0, 0.1) is 5.41 Å². The molecule has 0 aliphatic rings. The standard InChI is InChI=1S/C14H18ClF3O/c1-3-13(4-2,10-15)9-11-5-7-12(8-6-11)19-14(16,17)18/h5-8H,3-4,9-10H2,1-2H3. The van der Waals surface area contributed by atoms with Crippen LogP contribution in [0.3, 0.4) is 0 Å². The van der Waals surface area contributed by atoms with Gasteiger partial charge in [0.1, 0.15) is 5.75 Å². The van der Waals surface area contributed by atoms with Crippen LogP contribution in [0.2, 0.25) is 0 Å². The number of alkyl halides is 4. The molecule has 0 fully saturated rings. The predicted molar refractivity (Wildman–Crippen MR) is 70.6 cm³/mol. The first-order valence-electron chi connectivity index (χ1n) is 6.25. The van der Waals surface area contributed by atoms with Crippen LogP contribution in [0.15, 0.2) is 24.3 Å². The molecule has 0 unspecified atom stereocenters. The van der Waals surface area contributed by atoms with E-state index in [1.807, 2.05) is 0 Å². The van der Waals surface area contributed by atoms with Crippen molar-refractivity contribution in [3.05, 3.63) is 29.8 Å². The summed E-state index contributed by atoms with van der Waals surface area (Å²) in [6.45, 7) is 4.15. The Labute approximate surface area is 116 Å². The van der Waals surface area contributed by atoms with Crippen LogP contribution in [-0.2, 0) is 6.42 Å². The molecule has 0 saturated carbocycles. The molecule has 0 amide bonds. The topological polar surface area (TPSA) is 9.23 Å². The minimum absolute atomic E-state index is 0.00789. The van der Waals surface area contributed by atoms with Crippen LogP contribution in [0.5, 0.6) is 5.75 Å². The summed E-state index contributed by atoms with van der Waals surface area (Å²) in [6, 6.07) is 6.00. The normalized spacial score (nSPS) is 12.5. The largest absolute Gasteiger partial charge is 0.573 e.